The van der Waals surface area contributed by atoms with Gasteiger partial charge in [0, 0.05) is 6.08 Å². The van der Waals surface area contributed by atoms with Crippen molar-refractivity contribution in [1.82, 2.24) is 0 Å². The van der Waals surface area contributed by atoms with Crippen molar-refractivity contribution >= 4 is 24.0 Å². The van der Waals surface area contributed by atoms with Crippen molar-refractivity contribution in [3.8, 4) is 0 Å². The minimum atomic E-state index is -1.06. The molecule has 1 aromatic rings. The van der Waals surface area contributed by atoms with E-state index >= 15 is 0 Å². The number of carboxylic acid groups (broad SMARTS) is 1. The minimum absolute atomic E-state index is 0.267. The molecule has 0 spiro atoms. The molecule has 2 atom stereocenters. The normalized spacial score (nSPS) is 20.7. The Hall–Kier alpha value is -2.69. The van der Waals surface area contributed by atoms with E-state index in [1.807, 2.05) is 18.2 Å². The fourth-order valence-corrected chi connectivity index (χ4v) is 2.28. The lowest BCUT2D eigenvalue weighted by Gasteiger charge is -2.22. The van der Waals surface area contributed by atoms with Gasteiger partial charge in [0.2, 0.25) is 0 Å². The molecule has 22 heavy (non-hydrogen) atoms. The van der Waals surface area contributed by atoms with Crippen LogP contribution in [0.2, 0.25) is 0 Å². The SMILES string of the molecule is O=C(C=Cc1ccccc1)OC(=O)[C@@H]1CC=CC[C@@H]1C(=O)O. The average Bonchev–Trinajstić information content (AvgIpc) is 2.54. The summed E-state index contributed by atoms with van der Waals surface area (Å²) in [6.45, 7) is 0. The third-order valence-corrected chi connectivity index (χ3v) is 3.46. The van der Waals surface area contributed by atoms with E-state index in [1.54, 1.807) is 24.3 Å². The molecule has 5 nitrogen and oxygen atoms in total. The van der Waals surface area contributed by atoms with Crippen molar-refractivity contribution in [1.29, 1.82) is 0 Å². The summed E-state index contributed by atoms with van der Waals surface area (Å²) in [4.78, 5) is 34.7. The zero-order valence-electron chi connectivity index (χ0n) is 11.8. The lowest BCUT2D eigenvalue weighted by molar-refractivity contribution is -0.164. The predicted molar refractivity (Wildman–Crippen MR) is 79.6 cm³/mol. The molecule has 0 amide bonds. The van der Waals surface area contributed by atoms with Crippen LogP contribution in [0, 0.1) is 11.8 Å². The Morgan fingerprint density at radius 2 is 1.68 bits per heavy atom. The Balaban J connectivity index is 1.96. The van der Waals surface area contributed by atoms with Gasteiger partial charge in [-0.25, -0.2) is 4.79 Å². The summed E-state index contributed by atoms with van der Waals surface area (Å²) < 4.78 is 4.73. The number of allylic oxidation sites excluding steroid dienone is 2. The van der Waals surface area contributed by atoms with Gasteiger partial charge in [0.1, 0.15) is 0 Å². The highest BCUT2D eigenvalue weighted by atomic mass is 16.6. The van der Waals surface area contributed by atoms with Crippen LogP contribution in [0.4, 0.5) is 0 Å². The quantitative estimate of drug-likeness (QED) is 0.400. The first-order valence-electron chi connectivity index (χ1n) is 6.94. The molecule has 0 saturated heterocycles. The lowest BCUT2D eigenvalue weighted by atomic mass is 9.83. The van der Waals surface area contributed by atoms with Crippen molar-refractivity contribution in [2.45, 2.75) is 12.8 Å². The summed E-state index contributed by atoms with van der Waals surface area (Å²) in [6, 6.07) is 9.10. The molecule has 1 aromatic carbocycles. The Morgan fingerprint density at radius 1 is 1.05 bits per heavy atom. The molecule has 0 saturated carbocycles. The van der Waals surface area contributed by atoms with E-state index < -0.39 is 29.7 Å². The second-order valence-electron chi connectivity index (χ2n) is 4.98. The lowest BCUT2D eigenvalue weighted by Crippen LogP contribution is -2.33. The smallest absolute Gasteiger partial charge is 0.338 e. The van der Waals surface area contributed by atoms with Gasteiger partial charge >= 0.3 is 17.9 Å². The van der Waals surface area contributed by atoms with Crippen LogP contribution in [-0.2, 0) is 19.1 Å². The summed E-state index contributed by atoms with van der Waals surface area (Å²) >= 11 is 0. The first-order chi connectivity index (χ1) is 10.6. The van der Waals surface area contributed by atoms with E-state index in [4.69, 9.17) is 9.84 Å². The fourth-order valence-electron chi connectivity index (χ4n) is 2.28. The largest absolute Gasteiger partial charge is 0.481 e. The number of esters is 2. The first-order valence-corrected chi connectivity index (χ1v) is 6.94. The number of benzene rings is 1. The molecule has 1 aliphatic carbocycles. The first kappa shape index (κ1) is 15.7. The van der Waals surface area contributed by atoms with Crippen LogP contribution in [0.25, 0.3) is 6.08 Å². The van der Waals surface area contributed by atoms with E-state index in [1.165, 1.54) is 6.08 Å². The van der Waals surface area contributed by atoms with Crippen LogP contribution in [0.1, 0.15) is 18.4 Å². The van der Waals surface area contributed by atoms with Crippen molar-refractivity contribution in [3.63, 3.8) is 0 Å². The van der Waals surface area contributed by atoms with Gasteiger partial charge in [-0.15, -0.1) is 0 Å². The molecule has 114 valence electrons. The van der Waals surface area contributed by atoms with Gasteiger partial charge in [-0.2, -0.15) is 0 Å². The van der Waals surface area contributed by atoms with Gasteiger partial charge in [-0.3, -0.25) is 9.59 Å². The molecule has 0 radical (unpaired) electrons. The van der Waals surface area contributed by atoms with E-state index in [9.17, 15) is 14.4 Å². The number of hydrogen-bond donors (Lipinski definition) is 1. The standard InChI is InChI=1S/C17H16O5/c18-15(11-10-12-6-2-1-3-7-12)22-17(21)14-9-5-4-8-13(14)16(19)20/h1-7,10-11,13-14H,8-9H2,(H,19,20)/t13-,14+/m0/s1. The number of carbonyl (C=O) groups is 3. The van der Waals surface area contributed by atoms with Crippen LogP contribution in [0.5, 0.6) is 0 Å². The highest BCUT2D eigenvalue weighted by molar-refractivity contribution is 5.96. The molecule has 2 rings (SSSR count). The average molecular weight is 300 g/mol. The molecular formula is C17H16O5. The van der Waals surface area contributed by atoms with Gasteiger partial charge in [0.25, 0.3) is 0 Å². The predicted octanol–water partition coefficient (Wildman–Crippen LogP) is 2.44. The zero-order chi connectivity index (χ0) is 15.9. The van der Waals surface area contributed by atoms with Crippen molar-refractivity contribution in [3.05, 3.63) is 54.1 Å². The van der Waals surface area contributed by atoms with Gasteiger partial charge < -0.3 is 9.84 Å². The third-order valence-electron chi connectivity index (χ3n) is 3.46. The Labute approximate surface area is 127 Å². The number of carboxylic acids is 1. The van der Waals surface area contributed by atoms with E-state index in [0.29, 0.717) is 0 Å². The maximum Gasteiger partial charge on any atom is 0.338 e. The summed E-state index contributed by atoms with van der Waals surface area (Å²) in [5, 5.41) is 9.10. The maximum absolute atomic E-state index is 12.0. The van der Waals surface area contributed by atoms with Gasteiger partial charge in [0.15, 0.2) is 0 Å². The molecule has 0 aromatic heterocycles. The number of ether oxygens (including phenoxy) is 1. The van der Waals surface area contributed by atoms with Crippen LogP contribution < -0.4 is 0 Å². The molecular weight excluding hydrogens is 284 g/mol. The number of hydrogen-bond acceptors (Lipinski definition) is 4. The monoisotopic (exact) mass is 300 g/mol. The summed E-state index contributed by atoms with van der Waals surface area (Å²) in [5.74, 6) is -4.31. The van der Waals surface area contributed by atoms with Gasteiger partial charge in [0.05, 0.1) is 11.8 Å². The maximum atomic E-state index is 12.0. The zero-order valence-corrected chi connectivity index (χ0v) is 11.8. The highest BCUT2D eigenvalue weighted by Crippen LogP contribution is 2.27. The van der Waals surface area contributed by atoms with Crippen LogP contribution >= 0.6 is 0 Å². The van der Waals surface area contributed by atoms with Gasteiger partial charge in [-0.05, 0) is 24.5 Å². The Kier molecular flexibility index (Phi) is 5.25. The van der Waals surface area contributed by atoms with Crippen LogP contribution in [0.15, 0.2) is 48.6 Å². The minimum Gasteiger partial charge on any atom is -0.481 e. The third kappa shape index (κ3) is 4.15. The molecule has 0 aliphatic heterocycles. The van der Waals surface area contributed by atoms with E-state index in [2.05, 4.69) is 0 Å². The highest BCUT2D eigenvalue weighted by Gasteiger charge is 2.35. The second kappa shape index (κ2) is 7.36. The molecule has 5 heteroatoms. The van der Waals surface area contributed by atoms with Crippen molar-refractivity contribution < 1.29 is 24.2 Å². The van der Waals surface area contributed by atoms with E-state index in [0.717, 1.165) is 11.6 Å². The second-order valence-corrected chi connectivity index (χ2v) is 4.98. The van der Waals surface area contributed by atoms with Crippen LogP contribution in [-0.4, -0.2) is 23.0 Å². The topological polar surface area (TPSA) is 80.7 Å². The summed E-state index contributed by atoms with van der Waals surface area (Å²) in [5.41, 5.74) is 0.802. The number of aliphatic carboxylic acids is 1. The fraction of sp³-hybridized carbons (Fsp3) is 0.235. The van der Waals surface area contributed by atoms with Crippen molar-refractivity contribution in [2.75, 3.05) is 0 Å². The Bertz CT molecular complexity index is 615. The molecule has 1 N–H and O–H groups in total. The molecule has 0 heterocycles. The van der Waals surface area contributed by atoms with Crippen LogP contribution in [0.3, 0.4) is 0 Å². The van der Waals surface area contributed by atoms with Crippen molar-refractivity contribution in [2.24, 2.45) is 11.8 Å². The van der Waals surface area contributed by atoms with E-state index in [-0.39, 0.29) is 12.8 Å². The summed E-state index contributed by atoms with van der Waals surface area (Å²) in [6.07, 6.45) is 6.68. The molecule has 0 bridgehead atoms. The molecule has 0 fully saturated rings. The molecule has 0 unspecified atom stereocenters. The summed E-state index contributed by atoms with van der Waals surface area (Å²) in [7, 11) is 0. The number of carbonyl (C=O) groups excluding carboxylic acids is 2. The Morgan fingerprint density at radius 3 is 2.32 bits per heavy atom. The molecule has 1 aliphatic rings. The van der Waals surface area contributed by atoms with Gasteiger partial charge in [-0.1, -0.05) is 42.5 Å². The number of rotatable bonds is 4.